The third kappa shape index (κ3) is 4.21. The summed E-state index contributed by atoms with van der Waals surface area (Å²) >= 11 is 3.41. The molecule has 3 aromatic rings. The highest BCUT2D eigenvalue weighted by Crippen LogP contribution is 2.29. The van der Waals surface area contributed by atoms with Gasteiger partial charge in [0.05, 0.1) is 4.47 Å². The molecule has 2 aromatic heterocycles. The van der Waals surface area contributed by atoms with Gasteiger partial charge >= 0.3 is 5.69 Å². The van der Waals surface area contributed by atoms with Crippen molar-refractivity contribution in [1.82, 2.24) is 9.55 Å². The minimum Gasteiger partial charge on any atom is -0.450 e. The Kier molecular flexibility index (Phi) is 6.50. The fraction of sp³-hybridized carbons (Fsp3) is 0.381. The first kappa shape index (κ1) is 21.9. The number of carbonyl (C=O) groups is 1. The smallest absolute Gasteiger partial charge is 0.330 e. The topological polar surface area (TPSA) is 114 Å². The van der Waals surface area contributed by atoms with Gasteiger partial charge in [-0.05, 0) is 40.4 Å². The van der Waals surface area contributed by atoms with Crippen molar-refractivity contribution in [2.24, 2.45) is 5.92 Å². The van der Waals surface area contributed by atoms with E-state index in [0.29, 0.717) is 18.5 Å². The van der Waals surface area contributed by atoms with E-state index < -0.39 is 17.2 Å². The first-order valence-corrected chi connectivity index (χ1v) is 10.7. The number of nitrogens with zero attached hydrogens (tertiary/aromatic N) is 2. The number of hydrogen-bond donors (Lipinski definition) is 2. The van der Waals surface area contributed by atoms with Gasteiger partial charge in [-0.1, -0.05) is 39.3 Å². The minimum absolute atomic E-state index is 0.0245. The second-order valence-electron chi connectivity index (χ2n) is 7.58. The Balaban J connectivity index is 2.14. The Bertz CT molecular complexity index is 1190. The van der Waals surface area contributed by atoms with Crippen LogP contribution in [0, 0.1) is 5.92 Å². The maximum atomic E-state index is 13.4. The van der Waals surface area contributed by atoms with E-state index in [9.17, 15) is 14.4 Å². The number of furan rings is 1. The van der Waals surface area contributed by atoms with E-state index in [2.05, 4.69) is 20.9 Å². The molecule has 0 atom stereocenters. The summed E-state index contributed by atoms with van der Waals surface area (Å²) in [7, 11) is 0. The number of nitrogens with two attached hydrogens (primary N) is 1. The van der Waals surface area contributed by atoms with E-state index in [4.69, 9.17) is 10.2 Å². The molecule has 1 aromatic carbocycles. The first-order valence-electron chi connectivity index (χ1n) is 9.87. The van der Waals surface area contributed by atoms with Gasteiger partial charge in [0.2, 0.25) is 0 Å². The number of hydrogen-bond acceptors (Lipinski definition) is 5. The highest BCUT2D eigenvalue weighted by molar-refractivity contribution is 9.10. The molecule has 30 heavy (non-hydrogen) atoms. The molecule has 1 amide bonds. The molecular weight excluding hydrogens is 452 g/mol. The maximum Gasteiger partial charge on any atom is 0.330 e. The van der Waals surface area contributed by atoms with Crippen molar-refractivity contribution in [3.8, 4) is 0 Å². The fourth-order valence-electron chi connectivity index (χ4n) is 3.28. The first-order chi connectivity index (χ1) is 14.2. The monoisotopic (exact) mass is 476 g/mol. The number of fused-ring (bicyclic) bond motifs is 1. The molecule has 0 saturated heterocycles. The summed E-state index contributed by atoms with van der Waals surface area (Å²) in [6.07, 6.45) is 1.56. The Labute approximate surface area is 181 Å². The molecular formula is C21H25BrN4O4. The molecule has 0 saturated carbocycles. The number of H-pyrrole nitrogens is 1. The number of nitrogen functional groups attached to an aromatic ring is 1. The number of unbranched alkanes of at least 4 members (excludes halogenated alkanes) is 1. The summed E-state index contributed by atoms with van der Waals surface area (Å²) in [5, 5.41) is 0.756. The number of para-hydroxylation sites is 1. The van der Waals surface area contributed by atoms with Gasteiger partial charge in [0.25, 0.3) is 11.5 Å². The number of nitrogens with one attached hydrogen (secondary N) is 1. The van der Waals surface area contributed by atoms with Gasteiger partial charge in [0.1, 0.15) is 11.4 Å². The third-order valence-electron chi connectivity index (χ3n) is 4.72. The summed E-state index contributed by atoms with van der Waals surface area (Å²) in [6.45, 7) is 6.42. The van der Waals surface area contributed by atoms with Crippen LogP contribution in [0.3, 0.4) is 0 Å². The van der Waals surface area contributed by atoms with Gasteiger partial charge in [0.15, 0.2) is 11.4 Å². The van der Waals surface area contributed by atoms with Gasteiger partial charge in [-0.3, -0.25) is 24.0 Å². The van der Waals surface area contributed by atoms with Crippen LogP contribution >= 0.6 is 15.9 Å². The molecule has 8 nitrogen and oxygen atoms in total. The Morgan fingerprint density at radius 3 is 2.70 bits per heavy atom. The standard InChI is InChI=1S/C21H25BrN4O4/c1-4-5-9-25-18(23)16(19(27)24-21(25)29)26(11-12(2)3)20(28)15-10-13-7-6-8-14(22)17(13)30-15/h6-8,10,12H,4-5,9,11,23H2,1-3H3,(H,24,27,29). The fourth-order valence-corrected chi connectivity index (χ4v) is 3.75. The summed E-state index contributed by atoms with van der Waals surface area (Å²) in [5.41, 5.74) is 5.45. The van der Waals surface area contributed by atoms with Gasteiger partial charge in [0, 0.05) is 18.5 Å². The van der Waals surface area contributed by atoms with Crippen LogP contribution in [0.4, 0.5) is 11.5 Å². The Morgan fingerprint density at radius 1 is 1.33 bits per heavy atom. The van der Waals surface area contributed by atoms with Gasteiger partial charge < -0.3 is 10.2 Å². The van der Waals surface area contributed by atoms with Crippen LogP contribution in [0.15, 0.2) is 42.7 Å². The molecule has 0 spiro atoms. The van der Waals surface area contributed by atoms with Gasteiger partial charge in [-0.2, -0.15) is 0 Å². The van der Waals surface area contributed by atoms with Crippen LogP contribution in [-0.2, 0) is 6.54 Å². The third-order valence-corrected chi connectivity index (χ3v) is 5.34. The number of halogens is 1. The van der Waals surface area contributed by atoms with Crippen molar-refractivity contribution in [1.29, 1.82) is 0 Å². The lowest BCUT2D eigenvalue weighted by molar-refractivity contribution is 0.0959. The SMILES string of the molecule is CCCCn1c(N)c(N(CC(C)C)C(=O)c2cc3cccc(Br)c3o2)c(=O)[nH]c1=O. The second-order valence-corrected chi connectivity index (χ2v) is 8.43. The van der Waals surface area contributed by atoms with Crippen LogP contribution in [0.25, 0.3) is 11.0 Å². The number of anilines is 2. The molecule has 160 valence electrons. The number of benzene rings is 1. The summed E-state index contributed by atoms with van der Waals surface area (Å²) in [4.78, 5) is 41.9. The molecule has 3 rings (SSSR count). The average Bonchev–Trinajstić information content (AvgIpc) is 3.12. The second kappa shape index (κ2) is 8.91. The predicted molar refractivity (Wildman–Crippen MR) is 121 cm³/mol. The van der Waals surface area contributed by atoms with Crippen molar-refractivity contribution >= 4 is 44.3 Å². The largest absolute Gasteiger partial charge is 0.450 e. The quantitative estimate of drug-likeness (QED) is 0.538. The predicted octanol–water partition coefficient (Wildman–Crippen LogP) is 3.73. The molecule has 0 fully saturated rings. The number of carbonyl (C=O) groups excluding carboxylic acids is 1. The molecule has 0 aliphatic heterocycles. The normalized spacial score (nSPS) is 11.4. The van der Waals surface area contributed by atoms with E-state index in [1.165, 1.54) is 9.47 Å². The number of amides is 1. The van der Waals surface area contributed by atoms with E-state index in [-0.39, 0.29) is 29.7 Å². The van der Waals surface area contributed by atoms with Crippen molar-refractivity contribution in [2.75, 3.05) is 17.2 Å². The summed E-state index contributed by atoms with van der Waals surface area (Å²) < 4.78 is 7.81. The van der Waals surface area contributed by atoms with E-state index in [1.807, 2.05) is 39.0 Å². The van der Waals surface area contributed by atoms with Crippen LogP contribution in [0.2, 0.25) is 0 Å². The van der Waals surface area contributed by atoms with Crippen molar-refractivity contribution in [3.63, 3.8) is 0 Å². The highest BCUT2D eigenvalue weighted by atomic mass is 79.9. The summed E-state index contributed by atoms with van der Waals surface area (Å²) in [6, 6.07) is 7.12. The van der Waals surface area contributed by atoms with E-state index in [1.54, 1.807) is 6.07 Å². The van der Waals surface area contributed by atoms with Crippen molar-refractivity contribution in [3.05, 3.63) is 55.3 Å². The molecule has 0 aliphatic rings. The lowest BCUT2D eigenvalue weighted by Gasteiger charge is -2.25. The average molecular weight is 477 g/mol. The molecule has 3 N–H and O–H groups in total. The molecule has 9 heteroatoms. The Morgan fingerprint density at radius 2 is 2.07 bits per heavy atom. The van der Waals surface area contributed by atoms with E-state index >= 15 is 0 Å². The van der Waals surface area contributed by atoms with Gasteiger partial charge in [-0.25, -0.2) is 4.79 Å². The molecule has 0 bridgehead atoms. The molecule has 0 aliphatic carbocycles. The number of aromatic amines is 1. The zero-order chi connectivity index (χ0) is 22.0. The zero-order valence-electron chi connectivity index (χ0n) is 17.2. The van der Waals surface area contributed by atoms with Crippen LogP contribution in [0.1, 0.15) is 44.2 Å². The zero-order valence-corrected chi connectivity index (χ0v) is 18.8. The highest BCUT2D eigenvalue weighted by Gasteiger charge is 2.28. The van der Waals surface area contributed by atoms with Crippen LogP contribution in [-0.4, -0.2) is 22.0 Å². The maximum absolute atomic E-state index is 13.4. The molecule has 0 radical (unpaired) electrons. The lowest BCUT2D eigenvalue weighted by Crippen LogP contribution is -2.42. The summed E-state index contributed by atoms with van der Waals surface area (Å²) in [5.74, 6) is -0.393. The van der Waals surface area contributed by atoms with Crippen LogP contribution < -0.4 is 21.9 Å². The number of rotatable bonds is 7. The van der Waals surface area contributed by atoms with Crippen molar-refractivity contribution in [2.45, 2.75) is 40.2 Å². The van der Waals surface area contributed by atoms with E-state index in [0.717, 1.165) is 16.3 Å². The Hall–Kier alpha value is -2.81. The number of aromatic nitrogens is 2. The van der Waals surface area contributed by atoms with Crippen LogP contribution in [0.5, 0.6) is 0 Å². The minimum atomic E-state index is -0.698. The van der Waals surface area contributed by atoms with Gasteiger partial charge in [-0.15, -0.1) is 0 Å². The van der Waals surface area contributed by atoms with Crippen molar-refractivity contribution < 1.29 is 9.21 Å². The molecule has 2 heterocycles. The lowest BCUT2D eigenvalue weighted by atomic mass is 10.2. The molecule has 0 unspecified atom stereocenters.